The molecule has 0 unspecified atom stereocenters. The molecule has 0 aliphatic heterocycles. The highest BCUT2D eigenvalue weighted by Crippen LogP contribution is 2.10. The number of amides is 2. The number of rotatable bonds is 5. The molecule has 2 rings (SSSR count). The van der Waals surface area contributed by atoms with Gasteiger partial charge in [-0.3, -0.25) is 0 Å². The summed E-state index contributed by atoms with van der Waals surface area (Å²) < 4.78 is 17.9. The van der Waals surface area contributed by atoms with Gasteiger partial charge < -0.3 is 15.4 Å². The Morgan fingerprint density at radius 2 is 2.19 bits per heavy atom. The monoisotopic (exact) mass is 289 g/mol. The van der Waals surface area contributed by atoms with Gasteiger partial charge in [-0.05, 0) is 30.2 Å². The Kier molecular flexibility index (Phi) is 5.09. The van der Waals surface area contributed by atoms with Crippen LogP contribution in [0.4, 0.5) is 14.9 Å². The van der Waals surface area contributed by atoms with E-state index in [2.05, 4.69) is 15.6 Å². The summed E-state index contributed by atoms with van der Waals surface area (Å²) >= 11 is 0. The van der Waals surface area contributed by atoms with E-state index in [1.54, 1.807) is 18.2 Å². The molecule has 0 aliphatic carbocycles. The van der Waals surface area contributed by atoms with Gasteiger partial charge in [0.15, 0.2) is 0 Å². The first-order valence-corrected chi connectivity index (χ1v) is 6.47. The van der Waals surface area contributed by atoms with E-state index in [1.165, 1.54) is 25.4 Å². The van der Waals surface area contributed by atoms with Crippen LogP contribution in [0.25, 0.3) is 0 Å². The Labute approximate surface area is 122 Å². The quantitative estimate of drug-likeness (QED) is 0.889. The zero-order valence-electron chi connectivity index (χ0n) is 11.6. The lowest BCUT2D eigenvalue weighted by Crippen LogP contribution is -2.30. The molecule has 0 fully saturated rings. The average molecular weight is 289 g/mol. The second-order valence-electron chi connectivity index (χ2n) is 4.35. The zero-order valence-corrected chi connectivity index (χ0v) is 11.6. The average Bonchev–Trinajstić information content (AvgIpc) is 2.48. The van der Waals surface area contributed by atoms with E-state index in [4.69, 9.17) is 4.74 Å². The number of hydrogen-bond acceptors (Lipinski definition) is 3. The van der Waals surface area contributed by atoms with Gasteiger partial charge in [0.25, 0.3) is 0 Å². The number of pyridine rings is 1. The predicted molar refractivity (Wildman–Crippen MR) is 77.9 cm³/mol. The van der Waals surface area contributed by atoms with Crippen molar-refractivity contribution < 1.29 is 13.9 Å². The Balaban J connectivity index is 1.76. The summed E-state index contributed by atoms with van der Waals surface area (Å²) in [4.78, 5) is 15.7. The van der Waals surface area contributed by atoms with Crippen molar-refractivity contribution in [3.05, 3.63) is 54.0 Å². The number of carbonyl (C=O) groups excluding carboxylic acids is 1. The summed E-state index contributed by atoms with van der Waals surface area (Å²) in [5.41, 5.74) is 1.40. The van der Waals surface area contributed by atoms with E-state index >= 15 is 0 Å². The Morgan fingerprint density at radius 3 is 2.86 bits per heavy atom. The van der Waals surface area contributed by atoms with Crippen LogP contribution in [0.1, 0.15) is 5.56 Å². The SMILES string of the molecule is COc1ccc(NC(=O)NCCc2cccc(F)c2)cn1. The fourth-order valence-electron chi connectivity index (χ4n) is 1.76. The lowest BCUT2D eigenvalue weighted by molar-refractivity contribution is 0.252. The van der Waals surface area contributed by atoms with Crippen molar-refractivity contribution in [3.8, 4) is 5.88 Å². The minimum atomic E-state index is -0.335. The second-order valence-corrected chi connectivity index (χ2v) is 4.35. The van der Waals surface area contributed by atoms with Crippen molar-refractivity contribution in [2.75, 3.05) is 19.0 Å². The summed E-state index contributed by atoms with van der Waals surface area (Å²) in [5, 5.41) is 5.34. The van der Waals surface area contributed by atoms with Crippen LogP contribution in [0.5, 0.6) is 5.88 Å². The van der Waals surface area contributed by atoms with Crippen LogP contribution in [0.3, 0.4) is 0 Å². The Hall–Kier alpha value is -2.63. The fraction of sp³-hybridized carbons (Fsp3) is 0.200. The topological polar surface area (TPSA) is 63.2 Å². The molecule has 0 spiro atoms. The molecule has 2 aromatic rings. The molecule has 110 valence electrons. The zero-order chi connectivity index (χ0) is 15.1. The van der Waals surface area contributed by atoms with Crippen molar-refractivity contribution in [2.45, 2.75) is 6.42 Å². The second kappa shape index (κ2) is 7.23. The number of urea groups is 1. The maximum atomic E-state index is 13.0. The number of nitrogens with zero attached hydrogens (tertiary/aromatic N) is 1. The number of aromatic nitrogens is 1. The largest absolute Gasteiger partial charge is 0.481 e. The lowest BCUT2D eigenvalue weighted by Gasteiger charge is -2.08. The van der Waals surface area contributed by atoms with Gasteiger partial charge in [-0.25, -0.2) is 14.2 Å². The van der Waals surface area contributed by atoms with E-state index < -0.39 is 0 Å². The Bertz CT molecular complexity index is 602. The van der Waals surface area contributed by atoms with E-state index in [9.17, 15) is 9.18 Å². The maximum Gasteiger partial charge on any atom is 0.319 e. The number of halogens is 1. The summed E-state index contributed by atoms with van der Waals surface area (Å²) in [6.45, 7) is 0.416. The lowest BCUT2D eigenvalue weighted by atomic mass is 10.1. The molecule has 1 heterocycles. The standard InChI is InChI=1S/C15H16FN3O2/c1-21-14-6-5-13(10-18-14)19-15(20)17-8-7-11-3-2-4-12(16)9-11/h2-6,9-10H,7-8H2,1H3,(H2,17,19,20). The molecule has 0 atom stereocenters. The highest BCUT2D eigenvalue weighted by Gasteiger charge is 2.02. The van der Waals surface area contributed by atoms with Gasteiger partial charge in [0.1, 0.15) is 5.82 Å². The summed E-state index contributed by atoms with van der Waals surface area (Å²) in [7, 11) is 1.52. The molecule has 6 heteroatoms. The number of nitrogens with one attached hydrogen (secondary N) is 2. The molecule has 2 amide bonds. The first kappa shape index (κ1) is 14.8. The van der Waals surface area contributed by atoms with Crippen LogP contribution in [-0.2, 0) is 6.42 Å². The smallest absolute Gasteiger partial charge is 0.319 e. The van der Waals surface area contributed by atoms with Gasteiger partial charge in [0.05, 0.1) is 19.0 Å². The van der Waals surface area contributed by atoms with Crippen molar-refractivity contribution in [2.24, 2.45) is 0 Å². The van der Waals surface area contributed by atoms with Crippen LogP contribution >= 0.6 is 0 Å². The fourth-order valence-corrected chi connectivity index (χ4v) is 1.76. The molecule has 1 aromatic carbocycles. The summed E-state index contributed by atoms with van der Waals surface area (Å²) in [5.74, 6) is 0.202. The van der Waals surface area contributed by atoms with Crippen LogP contribution in [-0.4, -0.2) is 24.7 Å². The molecular weight excluding hydrogens is 273 g/mol. The van der Waals surface area contributed by atoms with Crippen LogP contribution < -0.4 is 15.4 Å². The van der Waals surface area contributed by atoms with Gasteiger partial charge in [-0.15, -0.1) is 0 Å². The summed E-state index contributed by atoms with van der Waals surface area (Å²) in [6, 6.07) is 9.32. The Morgan fingerprint density at radius 1 is 1.33 bits per heavy atom. The van der Waals surface area contributed by atoms with E-state index in [0.717, 1.165) is 5.56 Å². The number of carbonyl (C=O) groups is 1. The summed E-state index contributed by atoms with van der Waals surface area (Å²) in [6.07, 6.45) is 2.07. The third kappa shape index (κ3) is 4.76. The molecule has 0 aliphatic rings. The first-order valence-electron chi connectivity index (χ1n) is 6.47. The van der Waals surface area contributed by atoms with Crippen molar-refractivity contribution in [1.29, 1.82) is 0 Å². The third-order valence-electron chi connectivity index (χ3n) is 2.79. The number of methoxy groups -OCH3 is 1. The van der Waals surface area contributed by atoms with Gasteiger partial charge in [0.2, 0.25) is 5.88 Å². The van der Waals surface area contributed by atoms with Gasteiger partial charge in [0, 0.05) is 12.6 Å². The van der Waals surface area contributed by atoms with Gasteiger partial charge >= 0.3 is 6.03 Å². The van der Waals surface area contributed by atoms with Crippen molar-refractivity contribution in [3.63, 3.8) is 0 Å². The van der Waals surface area contributed by atoms with E-state index in [-0.39, 0.29) is 11.8 Å². The maximum absolute atomic E-state index is 13.0. The molecular formula is C15H16FN3O2. The molecule has 5 nitrogen and oxygen atoms in total. The van der Waals surface area contributed by atoms with Crippen molar-refractivity contribution >= 4 is 11.7 Å². The van der Waals surface area contributed by atoms with Crippen LogP contribution in [0.2, 0.25) is 0 Å². The van der Waals surface area contributed by atoms with Crippen LogP contribution in [0, 0.1) is 5.82 Å². The number of ether oxygens (including phenoxy) is 1. The molecule has 2 N–H and O–H groups in total. The predicted octanol–water partition coefficient (Wildman–Crippen LogP) is 2.59. The highest BCUT2D eigenvalue weighted by atomic mass is 19.1. The minimum absolute atomic E-state index is 0.277. The van der Waals surface area contributed by atoms with Crippen LogP contribution in [0.15, 0.2) is 42.6 Å². The molecule has 21 heavy (non-hydrogen) atoms. The van der Waals surface area contributed by atoms with Gasteiger partial charge in [-0.2, -0.15) is 0 Å². The molecule has 0 saturated carbocycles. The number of benzene rings is 1. The molecule has 0 bridgehead atoms. The molecule has 1 aromatic heterocycles. The minimum Gasteiger partial charge on any atom is -0.481 e. The highest BCUT2D eigenvalue weighted by molar-refractivity contribution is 5.88. The molecule has 0 radical (unpaired) electrons. The first-order chi connectivity index (χ1) is 10.2. The normalized spacial score (nSPS) is 10.0. The number of hydrogen-bond donors (Lipinski definition) is 2. The molecule has 0 saturated heterocycles. The van der Waals surface area contributed by atoms with Crippen molar-refractivity contribution in [1.82, 2.24) is 10.3 Å². The van der Waals surface area contributed by atoms with E-state index in [0.29, 0.717) is 24.5 Å². The number of anilines is 1. The van der Waals surface area contributed by atoms with Gasteiger partial charge in [-0.1, -0.05) is 12.1 Å². The third-order valence-corrected chi connectivity index (χ3v) is 2.79. The van der Waals surface area contributed by atoms with E-state index in [1.807, 2.05) is 6.07 Å².